The maximum atomic E-state index is 4.60. The Morgan fingerprint density at radius 1 is 1.22 bits per heavy atom. The minimum absolute atomic E-state index is 0.497. The molecule has 1 atom stereocenters. The van der Waals surface area contributed by atoms with Gasteiger partial charge in [-0.1, -0.05) is 0 Å². The number of hydrogen-bond donors (Lipinski definition) is 1. The van der Waals surface area contributed by atoms with Crippen LogP contribution in [-0.2, 0) is 0 Å². The molecule has 0 radical (unpaired) electrons. The first-order valence-electron chi connectivity index (χ1n) is 7.34. The van der Waals surface area contributed by atoms with Crippen molar-refractivity contribution in [3.8, 4) is 0 Å². The summed E-state index contributed by atoms with van der Waals surface area (Å²) in [7, 11) is 2.13. The molecular weight excluding hydrogens is 240 g/mol. The van der Waals surface area contributed by atoms with Crippen molar-refractivity contribution in [3.63, 3.8) is 0 Å². The van der Waals surface area contributed by atoms with E-state index < -0.39 is 0 Å². The zero-order chi connectivity index (χ0) is 12.2. The van der Waals surface area contributed by atoms with Crippen molar-refractivity contribution in [3.05, 3.63) is 16.6 Å². The summed E-state index contributed by atoms with van der Waals surface area (Å²) < 4.78 is 0. The number of thiazole rings is 1. The van der Waals surface area contributed by atoms with E-state index in [2.05, 4.69) is 22.7 Å². The molecule has 0 saturated heterocycles. The number of rotatable bonds is 3. The number of aromatic nitrogens is 1. The molecule has 4 aliphatic rings. The first-order chi connectivity index (χ1) is 8.79. The van der Waals surface area contributed by atoms with Crippen LogP contribution in [-0.4, -0.2) is 12.0 Å². The molecule has 98 valence electrons. The Morgan fingerprint density at radius 2 is 1.83 bits per heavy atom. The standard InChI is InChI=1S/C15H22N2S/c1-16-14(13-8-18-9-17-13)15-5-10-2-11(6-15)4-12(3-10)7-15/h8-12,14,16H,2-7H2,1H3. The Balaban J connectivity index is 1.70. The predicted molar refractivity (Wildman–Crippen MR) is 74.5 cm³/mol. The fourth-order valence-corrected chi connectivity index (χ4v) is 6.24. The first-order valence-corrected chi connectivity index (χ1v) is 8.29. The average molecular weight is 262 g/mol. The predicted octanol–water partition coefficient (Wildman–Crippen LogP) is 3.62. The lowest BCUT2D eigenvalue weighted by atomic mass is 9.47. The lowest BCUT2D eigenvalue weighted by molar-refractivity contribution is -0.0742. The molecule has 1 unspecified atom stereocenters. The van der Waals surface area contributed by atoms with E-state index in [1.807, 2.05) is 5.51 Å². The fourth-order valence-electron chi connectivity index (χ4n) is 5.66. The zero-order valence-corrected chi connectivity index (χ0v) is 11.9. The van der Waals surface area contributed by atoms with Crippen LogP contribution in [0, 0.1) is 23.2 Å². The van der Waals surface area contributed by atoms with Gasteiger partial charge in [0, 0.05) is 5.38 Å². The summed E-state index contributed by atoms with van der Waals surface area (Å²) in [6.45, 7) is 0. The lowest BCUT2D eigenvalue weighted by Crippen LogP contribution is -2.51. The lowest BCUT2D eigenvalue weighted by Gasteiger charge is -2.59. The Hall–Kier alpha value is -0.410. The summed E-state index contributed by atoms with van der Waals surface area (Å²) >= 11 is 1.74. The largest absolute Gasteiger partial charge is 0.311 e. The number of nitrogens with one attached hydrogen (secondary N) is 1. The smallest absolute Gasteiger partial charge is 0.0795 e. The molecule has 2 nitrogen and oxygen atoms in total. The van der Waals surface area contributed by atoms with E-state index >= 15 is 0 Å². The second-order valence-electron chi connectivity index (χ2n) is 6.91. The van der Waals surface area contributed by atoms with E-state index in [0.717, 1.165) is 17.8 Å². The highest BCUT2D eigenvalue weighted by Gasteiger charge is 2.54. The highest BCUT2D eigenvalue weighted by molar-refractivity contribution is 7.07. The maximum absolute atomic E-state index is 4.60. The Labute approximate surface area is 113 Å². The van der Waals surface area contributed by atoms with Crippen LogP contribution in [0.2, 0.25) is 0 Å². The van der Waals surface area contributed by atoms with Crippen LogP contribution in [0.25, 0.3) is 0 Å². The van der Waals surface area contributed by atoms with E-state index in [4.69, 9.17) is 0 Å². The summed E-state index contributed by atoms with van der Waals surface area (Å²) in [5, 5.41) is 5.86. The monoisotopic (exact) mass is 262 g/mol. The molecule has 5 rings (SSSR count). The molecule has 3 heteroatoms. The van der Waals surface area contributed by atoms with Gasteiger partial charge in [-0.25, -0.2) is 4.98 Å². The summed E-state index contributed by atoms with van der Waals surface area (Å²) in [5.41, 5.74) is 3.81. The third-order valence-electron chi connectivity index (χ3n) is 5.73. The Bertz CT molecular complexity index is 390. The second kappa shape index (κ2) is 4.04. The molecule has 18 heavy (non-hydrogen) atoms. The topological polar surface area (TPSA) is 24.9 Å². The highest BCUT2D eigenvalue weighted by Crippen LogP contribution is 2.63. The average Bonchev–Trinajstić information content (AvgIpc) is 2.81. The molecule has 4 aliphatic carbocycles. The van der Waals surface area contributed by atoms with Crippen LogP contribution in [0.5, 0.6) is 0 Å². The van der Waals surface area contributed by atoms with Gasteiger partial charge in [0.05, 0.1) is 17.2 Å². The molecule has 1 aromatic rings. The highest BCUT2D eigenvalue weighted by atomic mass is 32.1. The van der Waals surface area contributed by atoms with E-state index in [0.29, 0.717) is 11.5 Å². The fraction of sp³-hybridized carbons (Fsp3) is 0.800. The number of nitrogens with zero attached hydrogens (tertiary/aromatic N) is 1. The van der Waals surface area contributed by atoms with Crippen LogP contribution >= 0.6 is 11.3 Å². The van der Waals surface area contributed by atoms with Gasteiger partial charge in [-0.15, -0.1) is 11.3 Å². The van der Waals surface area contributed by atoms with Crippen LogP contribution in [0.4, 0.5) is 0 Å². The second-order valence-corrected chi connectivity index (χ2v) is 7.63. The van der Waals surface area contributed by atoms with Gasteiger partial charge in [0.2, 0.25) is 0 Å². The maximum Gasteiger partial charge on any atom is 0.0795 e. The number of hydrogen-bond acceptors (Lipinski definition) is 3. The van der Waals surface area contributed by atoms with Crippen molar-refractivity contribution < 1.29 is 0 Å². The summed E-state index contributed by atoms with van der Waals surface area (Å²) in [6.07, 6.45) is 8.90. The van der Waals surface area contributed by atoms with Crippen molar-refractivity contribution >= 4 is 11.3 Å². The molecule has 0 amide bonds. The summed E-state index contributed by atoms with van der Waals surface area (Å²) in [6, 6.07) is 0.497. The third-order valence-corrected chi connectivity index (χ3v) is 6.34. The molecule has 0 aromatic carbocycles. The van der Waals surface area contributed by atoms with E-state index in [1.54, 1.807) is 11.3 Å². The Kier molecular flexibility index (Phi) is 2.56. The van der Waals surface area contributed by atoms with Gasteiger partial charge in [-0.2, -0.15) is 0 Å². The molecule has 1 aromatic heterocycles. The third kappa shape index (κ3) is 1.60. The molecule has 4 bridgehead atoms. The van der Waals surface area contributed by atoms with Crippen molar-refractivity contribution in [2.45, 2.75) is 44.6 Å². The van der Waals surface area contributed by atoms with Gasteiger partial charge in [0.1, 0.15) is 0 Å². The van der Waals surface area contributed by atoms with E-state index in [1.165, 1.54) is 44.2 Å². The van der Waals surface area contributed by atoms with Crippen LogP contribution < -0.4 is 5.32 Å². The minimum Gasteiger partial charge on any atom is -0.311 e. The zero-order valence-electron chi connectivity index (χ0n) is 11.1. The molecule has 4 saturated carbocycles. The van der Waals surface area contributed by atoms with Crippen LogP contribution in [0.3, 0.4) is 0 Å². The van der Waals surface area contributed by atoms with Crippen molar-refractivity contribution in [1.82, 2.24) is 10.3 Å². The SMILES string of the molecule is CNC(c1cscn1)C12CC3CC(CC(C3)C1)C2. The normalized spacial score (nSPS) is 43.3. The van der Waals surface area contributed by atoms with Crippen molar-refractivity contribution in [2.75, 3.05) is 7.05 Å². The van der Waals surface area contributed by atoms with Gasteiger partial charge >= 0.3 is 0 Å². The molecular formula is C15H22N2S. The molecule has 0 aliphatic heterocycles. The van der Waals surface area contributed by atoms with Crippen LogP contribution in [0.15, 0.2) is 10.9 Å². The van der Waals surface area contributed by atoms with Gasteiger partial charge in [-0.3, -0.25) is 0 Å². The Morgan fingerprint density at radius 3 is 2.28 bits per heavy atom. The quantitative estimate of drug-likeness (QED) is 0.900. The summed E-state index contributed by atoms with van der Waals surface area (Å²) in [5.74, 6) is 3.06. The van der Waals surface area contributed by atoms with Gasteiger partial charge in [0.25, 0.3) is 0 Å². The van der Waals surface area contributed by atoms with Crippen LogP contribution in [0.1, 0.15) is 50.3 Å². The van der Waals surface area contributed by atoms with Crippen molar-refractivity contribution in [1.29, 1.82) is 0 Å². The van der Waals surface area contributed by atoms with E-state index in [-0.39, 0.29) is 0 Å². The molecule has 4 fully saturated rings. The molecule has 1 heterocycles. The van der Waals surface area contributed by atoms with Crippen molar-refractivity contribution in [2.24, 2.45) is 23.2 Å². The molecule has 0 spiro atoms. The minimum atomic E-state index is 0.497. The first kappa shape index (κ1) is 11.4. The van der Waals surface area contributed by atoms with Gasteiger partial charge < -0.3 is 5.32 Å². The van der Waals surface area contributed by atoms with Gasteiger partial charge in [-0.05, 0) is 68.7 Å². The van der Waals surface area contributed by atoms with Gasteiger partial charge in [0.15, 0.2) is 0 Å². The van der Waals surface area contributed by atoms with E-state index in [9.17, 15) is 0 Å². The molecule has 1 N–H and O–H groups in total. The summed E-state index contributed by atoms with van der Waals surface area (Å²) in [4.78, 5) is 4.60.